The van der Waals surface area contributed by atoms with Crippen LogP contribution in [0.2, 0.25) is 0 Å². The van der Waals surface area contributed by atoms with Crippen LogP contribution in [0.15, 0.2) is 48.5 Å². The van der Waals surface area contributed by atoms with Crippen LogP contribution in [0.5, 0.6) is 5.75 Å². The first kappa shape index (κ1) is 22.6. The minimum atomic E-state index is -1.32. The molecule has 1 heterocycles. The number of carbonyl (C=O) groups excluding carboxylic acids is 1. The van der Waals surface area contributed by atoms with E-state index < -0.39 is 23.6 Å². The summed E-state index contributed by atoms with van der Waals surface area (Å²) < 4.78 is 19.4. The fourth-order valence-electron chi connectivity index (χ4n) is 4.72. The molecule has 1 aliphatic heterocycles. The van der Waals surface area contributed by atoms with Crippen molar-refractivity contribution < 1.29 is 23.8 Å². The van der Waals surface area contributed by atoms with Crippen molar-refractivity contribution in [2.24, 2.45) is 17.1 Å². The molecule has 0 spiro atoms. The molecular weight excluding hydrogens is 399 g/mol. The van der Waals surface area contributed by atoms with Crippen molar-refractivity contribution >= 4 is 12.0 Å². The van der Waals surface area contributed by atoms with E-state index in [0.29, 0.717) is 17.7 Å². The Morgan fingerprint density at radius 1 is 1.19 bits per heavy atom. The fourth-order valence-corrected chi connectivity index (χ4v) is 4.72. The van der Waals surface area contributed by atoms with E-state index in [-0.39, 0.29) is 23.8 Å². The summed E-state index contributed by atoms with van der Waals surface area (Å²) >= 11 is 0. The molecule has 0 aromatic heterocycles. The molecule has 0 bridgehead atoms. The molecule has 1 aliphatic rings. The van der Waals surface area contributed by atoms with Gasteiger partial charge >= 0.3 is 6.09 Å². The second-order valence-corrected chi connectivity index (χ2v) is 9.28. The highest BCUT2D eigenvalue weighted by atomic mass is 19.1. The highest BCUT2D eigenvalue weighted by Crippen LogP contribution is 2.53. The number of hydrogen-bond donors (Lipinski definition) is 2. The predicted molar refractivity (Wildman–Crippen MR) is 115 cm³/mol. The standard InChI is InChI=1S/C24H29FN2O4/c1-23(2,3)20-13-19(27(22(29)30)24(20,4)21(26)28)15-9-11-17(12-10-15)31-14-16-7-5-6-8-18(16)25/h5-12,19-20H,13-14H2,1-4H3,(H2,26,28)(H,29,30)/t19-,20?,24+/m1/s1. The molecule has 1 saturated heterocycles. The van der Waals surface area contributed by atoms with Gasteiger partial charge in [-0.25, -0.2) is 9.18 Å². The van der Waals surface area contributed by atoms with Crippen molar-refractivity contribution in [1.29, 1.82) is 0 Å². The van der Waals surface area contributed by atoms with Gasteiger partial charge in [0.25, 0.3) is 0 Å². The number of primary amides is 1. The zero-order valence-electron chi connectivity index (χ0n) is 18.3. The van der Waals surface area contributed by atoms with Crippen molar-refractivity contribution in [3.63, 3.8) is 0 Å². The Bertz CT molecular complexity index is 970. The quantitative estimate of drug-likeness (QED) is 0.720. The van der Waals surface area contributed by atoms with Crippen LogP contribution in [0.1, 0.15) is 51.3 Å². The van der Waals surface area contributed by atoms with Crippen LogP contribution in [0.25, 0.3) is 0 Å². The summed E-state index contributed by atoms with van der Waals surface area (Å²) in [6.07, 6.45) is -0.706. The number of rotatable bonds is 5. The molecule has 1 unspecified atom stereocenters. The van der Waals surface area contributed by atoms with Crippen molar-refractivity contribution in [1.82, 2.24) is 4.90 Å². The Balaban J connectivity index is 1.86. The first-order valence-corrected chi connectivity index (χ1v) is 10.2. The number of hydrogen-bond acceptors (Lipinski definition) is 3. The fraction of sp³-hybridized carbons (Fsp3) is 0.417. The zero-order valence-corrected chi connectivity index (χ0v) is 18.3. The highest BCUT2D eigenvalue weighted by Gasteiger charge is 2.59. The van der Waals surface area contributed by atoms with E-state index in [9.17, 15) is 19.1 Å². The van der Waals surface area contributed by atoms with Crippen LogP contribution in [0.3, 0.4) is 0 Å². The molecule has 1 fully saturated rings. The molecule has 7 heteroatoms. The van der Waals surface area contributed by atoms with Crippen LogP contribution in [0.4, 0.5) is 9.18 Å². The summed E-state index contributed by atoms with van der Waals surface area (Å²) in [5, 5.41) is 9.96. The van der Waals surface area contributed by atoms with Crippen LogP contribution in [-0.2, 0) is 11.4 Å². The van der Waals surface area contributed by atoms with Crippen molar-refractivity contribution in [2.75, 3.05) is 0 Å². The van der Waals surface area contributed by atoms with E-state index in [1.807, 2.05) is 20.8 Å². The van der Waals surface area contributed by atoms with Gasteiger partial charge < -0.3 is 15.6 Å². The molecule has 0 saturated carbocycles. The van der Waals surface area contributed by atoms with E-state index in [1.165, 1.54) is 11.0 Å². The lowest BCUT2D eigenvalue weighted by molar-refractivity contribution is -0.131. The highest BCUT2D eigenvalue weighted by molar-refractivity contribution is 5.89. The maximum Gasteiger partial charge on any atom is 0.408 e. The molecule has 31 heavy (non-hydrogen) atoms. The summed E-state index contributed by atoms with van der Waals surface area (Å²) in [5.74, 6) is -0.698. The lowest BCUT2D eigenvalue weighted by Crippen LogP contribution is -2.59. The lowest BCUT2D eigenvalue weighted by atomic mass is 9.69. The van der Waals surface area contributed by atoms with Crippen molar-refractivity contribution in [3.8, 4) is 5.75 Å². The third-order valence-corrected chi connectivity index (χ3v) is 6.32. The smallest absolute Gasteiger partial charge is 0.408 e. The van der Waals surface area contributed by atoms with E-state index in [2.05, 4.69) is 0 Å². The summed E-state index contributed by atoms with van der Waals surface area (Å²) in [6.45, 7) is 7.66. The number of carbonyl (C=O) groups is 2. The summed E-state index contributed by atoms with van der Waals surface area (Å²) in [7, 11) is 0. The average Bonchev–Trinajstić information content (AvgIpc) is 3.03. The minimum absolute atomic E-state index is 0.0859. The lowest BCUT2D eigenvalue weighted by Gasteiger charge is -2.41. The topological polar surface area (TPSA) is 92.9 Å². The third-order valence-electron chi connectivity index (χ3n) is 6.32. The van der Waals surface area contributed by atoms with E-state index in [4.69, 9.17) is 10.5 Å². The molecule has 0 aliphatic carbocycles. The normalized spacial score (nSPS) is 23.6. The van der Waals surface area contributed by atoms with Crippen LogP contribution in [0, 0.1) is 17.2 Å². The Labute approximate surface area is 181 Å². The summed E-state index contributed by atoms with van der Waals surface area (Å²) in [4.78, 5) is 25.8. The van der Waals surface area contributed by atoms with E-state index >= 15 is 0 Å². The monoisotopic (exact) mass is 428 g/mol. The van der Waals surface area contributed by atoms with Gasteiger partial charge in [0.2, 0.25) is 5.91 Å². The minimum Gasteiger partial charge on any atom is -0.489 e. The molecule has 3 N–H and O–H groups in total. The molecule has 2 amide bonds. The number of ether oxygens (including phenoxy) is 1. The van der Waals surface area contributed by atoms with Gasteiger partial charge in [-0.3, -0.25) is 9.69 Å². The van der Waals surface area contributed by atoms with Gasteiger partial charge in [0.15, 0.2) is 0 Å². The number of likely N-dealkylation sites (tertiary alicyclic amines) is 1. The van der Waals surface area contributed by atoms with Gasteiger partial charge in [0, 0.05) is 5.56 Å². The average molecular weight is 429 g/mol. The van der Waals surface area contributed by atoms with Gasteiger partial charge in [0.05, 0.1) is 6.04 Å². The second kappa shape index (κ2) is 8.21. The predicted octanol–water partition coefficient (Wildman–Crippen LogP) is 4.74. The van der Waals surface area contributed by atoms with Gasteiger partial charge in [0.1, 0.15) is 23.7 Å². The number of benzene rings is 2. The van der Waals surface area contributed by atoms with E-state index in [1.54, 1.807) is 49.4 Å². The largest absolute Gasteiger partial charge is 0.489 e. The Morgan fingerprint density at radius 2 is 1.81 bits per heavy atom. The SMILES string of the molecule is CC(C)(C)C1C[C@H](c2ccc(OCc3ccccc3F)cc2)N(C(=O)O)[C@]1(C)C(N)=O. The molecule has 6 nitrogen and oxygen atoms in total. The number of nitrogens with zero attached hydrogens (tertiary/aromatic N) is 1. The summed E-state index contributed by atoms with van der Waals surface area (Å²) in [5.41, 5.74) is 5.27. The Kier molecular flexibility index (Phi) is 5.98. The van der Waals surface area contributed by atoms with Gasteiger partial charge in [-0.1, -0.05) is 51.1 Å². The molecule has 0 radical (unpaired) electrons. The van der Waals surface area contributed by atoms with Crippen molar-refractivity contribution in [3.05, 3.63) is 65.5 Å². The van der Waals surface area contributed by atoms with Gasteiger partial charge in [-0.05, 0) is 48.4 Å². The van der Waals surface area contributed by atoms with Gasteiger partial charge in [-0.15, -0.1) is 0 Å². The Morgan fingerprint density at radius 3 is 2.32 bits per heavy atom. The first-order valence-electron chi connectivity index (χ1n) is 10.2. The molecule has 2 aromatic rings. The zero-order chi connectivity index (χ0) is 23.0. The maximum absolute atomic E-state index is 13.8. The molecule has 3 atom stereocenters. The number of carboxylic acid groups (broad SMARTS) is 1. The number of nitrogens with two attached hydrogens (primary N) is 1. The number of halogens is 1. The molecular formula is C24H29FN2O4. The third kappa shape index (κ3) is 4.22. The van der Waals surface area contributed by atoms with E-state index in [0.717, 1.165) is 5.56 Å². The molecule has 166 valence electrons. The molecule has 2 aromatic carbocycles. The summed E-state index contributed by atoms with van der Waals surface area (Å²) in [6, 6.07) is 12.9. The van der Waals surface area contributed by atoms with Gasteiger partial charge in [-0.2, -0.15) is 0 Å². The number of amides is 2. The maximum atomic E-state index is 13.8. The van der Waals surface area contributed by atoms with Crippen LogP contribution >= 0.6 is 0 Å². The molecule has 3 rings (SSSR count). The van der Waals surface area contributed by atoms with Crippen molar-refractivity contribution in [2.45, 2.75) is 52.3 Å². The van der Waals surface area contributed by atoms with Crippen LogP contribution in [-0.4, -0.2) is 27.5 Å². The first-order chi connectivity index (χ1) is 14.5. The second-order valence-electron chi connectivity index (χ2n) is 9.28. The van der Waals surface area contributed by atoms with Crippen LogP contribution < -0.4 is 10.5 Å². The Hall–Kier alpha value is -3.09.